The molecular weight excluding hydrogens is 771 g/mol. The van der Waals surface area contributed by atoms with Crippen molar-refractivity contribution in [3.63, 3.8) is 0 Å². The number of furan rings is 1. The van der Waals surface area contributed by atoms with Crippen molar-refractivity contribution in [2.75, 3.05) is 0 Å². The van der Waals surface area contributed by atoms with Crippen LogP contribution in [0.2, 0.25) is 0 Å². The summed E-state index contributed by atoms with van der Waals surface area (Å²) in [5.41, 5.74) is 16.2. The Morgan fingerprint density at radius 3 is 1.62 bits per heavy atom. The van der Waals surface area contributed by atoms with Crippen molar-refractivity contribution in [2.24, 2.45) is 0 Å². The Morgan fingerprint density at radius 1 is 0.317 bits per heavy atom. The van der Waals surface area contributed by atoms with Crippen LogP contribution in [0.25, 0.3) is 122 Å². The Morgan fingerprint density at radius 2 is 0.889 bits per heavy atom. The van der Waals surface area contributed by atoms with Crippen LogP contribution >= 0.6 is 0 Å². The Kier molecular flexibility index (Phi) is 7.80. The molecule has 0 saturated heterocycles. The minimum Gasteiger partial charge on any atom is -0.456 e. The molecule has 0 aliphatic rings. The van der Waals surface area contributed by atoms with Gasteiger partial charge in [-0.3, -0.25) is 4.98 Å². The smallest absolute Gasteiger partial charge is 0.138 e. The number of hydrogen-bond donors (Lipinski definition) is 0. The van der Waals surface area contributed by atoms with E-state index >= 15 is 0 Å². The SMILES string of the molecule is c1ccc(-c2cc(-n3c4ccccc4c4ccc(-c5cccc(-c6ccc7c(c6)c6ccccc6n7-c6ccc7oc8ccncc8c7c6)n5)cc43)cc(-c3ccccc3)n2)cc1. The zero-order valence-electron chi connectivity index (χ0n) is 33.9. The highest BCUT2D eigenvalue weighted by atomic mass is 16.3. The molecule has 0 radical (unpaired) electrons. The van der Waals surface area contributed by atoms with Gasteiger partial charge >= 0.3 is 0 Å². The van der Waals surface area contributed by atoms with Gasteiger partial charge in [-0.15, -0.1) is 0 Å². The summed E-state index contributed by atoms with van der Waals surface area (Å²) in [6.07, 6.45) is 3.65. The van der Waals surface area contributed by atoms with E-state index in [2.05, 4.69) is 196 Å². The first-order chi connectivity index (χ1) is 31.2. The fraction of sp³-hybridized carbons (Fsp3) is 0. The number of para-hydroxylation sites is 2. The van der Waals surface area contributed by atoms with Gasteiger partial charge in [0.25, 0.3) is 0 Å². The monoisotopic (exact) mass is 805 g/mol. The molecule has 6 aromatic heterocycles. The molecule has 63 heavy (non-hydrogen) atoms. The number of aromatic nitrogens is 5. The standard InChI is InChI=1S/C57H35N5O/c1-3-12-36(13-4-1)50-33-41(34-51(60-50)37-14-5-2-6-15-37)62-52-20-9-7-16-42(52)44-25-22-39(31-55(44)62)49-19-11-18-48(59-49)38-23-26-54-45(30-38)43-17-8-10-21-53(43)61(54)40-24-27-56-46(32-40)47-35-58-29-28-57(47)63-56/h1-35H. The van der Waals surface area contributed by atoms with Crippen LogP contribution < -0.4 is 0 Å². The first-order valence-electron chi connectivity index (χ1n) is 21.2. The Bertz CT molecular complexity index is 3860. The molecule has 0 bridgehead atoms. The lowest BCUT2D eigenvalue weighted by Crippen LogP contribution is -1.98. The molecule has 294 valence electrons. The fourth-order valence-electron chi connectivity index (χ4n) is 9.48. The number of nitrogens with zero attached hydrogens (tertiary/aromatic N) is 5. The summed E-state index contributed by atoms with van der Waals surface area (Å²) in [6.45, 7) is 0. The van der Waals surface area contributed by atoms with E-state index < -0.39 is 0 Å². The summed E-state index contributed by atoms with van der Waals surface area (Å²) in [5.74, 6) is 0. The van der Waals surface area contributed by atoms with Crippen LogP contribution in [0.3, 0.4) is 0 Å². The molecule has 6 nitrogen and oxygen atoms in total. The fourth-order valence-corrected chi connectivity index (χ4v) is 9.48. The summed E-state index contributed by atoms with van der Waals surface area (Å²) >= 11 is 0. The van der Waals surface area contributed by atoms with Crippen molar-refractivity contribution < 1.29 is 4.42 Å². The Hall–Kier alpha value is -8.61. The van der Waals surface area contributed by atoms with Crippen molar-refractivity contribution in [1.29, 1.82) is 0 Å². The molecular formula is C57H35N5O. The molecule has 0 amide bonds. The minimum atomic E-state index is 0.838. The van der Waals surface area contributed by atoms with Gasteiger partial charge in [-0.1, -0.05) is 121 Å². The number of benzene rings is 7. The molecule has 0 atom stereocenters. The number of hydrogen-bond acceptors (Lipinski definition) is 4. The molecule has 0 saturated carbocycles. The largest absolute Gasteiger partial charge is 0.456 e. The van der Waals surface area contributed by atoms with Crippen molar-refractivity contribution in [3.05, 3.63) is 213 Å². The molecule has 0 N–H and O–H groups in total. The molecule has 6 heterocycles. The highest BCUT2D eigenvalue weighted by molar-refractivity contribution is 6.12. The number of fused-ring (bicyclic) bond motifs is 9. The second-order valence-electron chi connectivity index (χ2n) is 16.1. The van der Waals surface area contributed by atoms with E-state index in [-0.39, 0.29) is 0 Å². The molecule has 0 aliphatic heterocycles. The van der Waals surface area contributed by atoms with Gasteiger partial charge in [0.1, 0.15) is 11.2 Å². The maximum atomic E-state index is 6.15. The van der Waals surface area contributed by atoms with E-state index in [0.29, 0.717) is 0 Å². The maximum Gasteiger partial charge on any atom is 0.138 e. The van der Waals surface area contributed by atoms with E-state index in [9.17, 15) is 0 Å². The molecule has 7 aromatic carbocycles. The lowest BCUT2D eigenvalue weighted by molar-refractivity contribution is 0.668. The van der Waals surface area contributed by atoms with Crippen LogP contribution in [0.15, 0.2) is 217 Å². The summed E-state index contributed by atoms with van der Waals surface area (Å²) in [5, 5.41) is 6.79. The molecule has 0 spiro atoms. The molecule has 6 heteroatoms. The lowest BCUT2D eigenvalue weighted by Gasteiger charge is -2.14. The molecule has 0 aliphatic carbocycles. The third kappa shape index (κ3) is 5.69. The van der Waals surface area contributed by atoms with Gasteiger partial charge in [0.15, 0.2) is 0 Å². The van der Waals surface area contributed by atoms with Crippen LogP contribution in [0.4, 0.5) is 0 Å². The van der Waals surface area contributed by atoms with Gasteiger partial charge in [0, 0.05) is 72.7 Å². The van der Waals surface area contributed by atoms with Crippen LogP contribution in [-0.2, 0) is 0 Å². The Balaban J connectivity index is 0.942. The van der Waals surface area contributed by atoms with Crippen LogP contribution in [0.1, 0.15) is 0 Å². The zero-order valence-corrected chi connectivity index (χ0v) is 33.9. The summed E-state index contributed by atoms with van der Waals surface area (Å²) < 4.78 is 10.9. The second kappa shape index (κ2) is 14.0. The minimum absolute atomic E-state index is 0.838. The van der Waals surface area contributed by atoms with Gasteiger partial charge in [-0.2, -0.15) is 0 Å². The summed E-state index contributed by atoms with van der Waals surface area (Å²) in [6, 6.07) is 70.7. The molecule has 0 unspecified atom stereocenters. The third-order valence-corrected chi connectivity index (χ3v) is 12.4. The number of pyridine rings is 3. The first-order valence-corrected chi connectivity index (χ1v) is 21.2. The Labute approximate surface area is 361 Å². The predicted octanol–water partition coefficient (Wildman–Crippen LogP) is 14.6. The van der Waals surface area contributed by atoms with Gasteiger partial charge in [0.2, 0.25) is 0 Å². The van der Waals surface area contributed by atoms with Crippen LogP contribution in [0.5, 0.6) is 0 Å². The van der Waals surface area contributed by atoms with Gasteiger partial charge in [-0.05, 0) is 78.9 Å². The van der Waals surface area contributed by atoms with E-state index in [0.717, 1.165) is 100 Å². The van der Waals surface area contributed by atoms with Crippen molar-refractivity contribution in [3.8, 4) is 56.4 Å². The number of rotatable bonds is 6. The van der Waals surface area contributed by atoms with Gasteiger partial charge in [-0.25, -0.2) is 9.97 Å². The van der Waals surface area contributed by atoms with Crippen molar-refractivity contribution in [2.45, 2.75) is 0 Å². The average molecular weight is 806 g/mol. The zero-order chi connectivity index (χ0) is 41.4. The van der Waals surface area contributed by atoms with Crippen LogP contribution in [0, 0.1) is 0 Å². The van der Waals surface area contributed by atoms with Gasteiger partial charge in [0.05, 0.1) is 50.5 Å². The topological polar surface area (TPSA) is 61.7 Å². The molecule has 13 aromatic rings. The lowest BCUT2D eigenvalue weighted by atomic mass is 10.0. The summed E-state index contributed by atoms with van der Waals surface area (Å²) in [7, 11) is 0. The molecule has 13 rings (SSSR count). The average Bonchev–Trinajstić information content (AvgIpc) is 4.01. The van der Waals surface area contributed by atoms with E-state index in [1.807, 2.05) is 24.4 Å². The maximum absolute atomic E-state index is 6.15. The predicted molar refractivity (Wildman–Crippen MR) is 258 cm³/mol. The molecule has 0 fully saturated rings. The first kappa shape index (κ1) is 35.2. The van der Waals surface area contributed by atoms with Crippen LogP contribution in [-0.4, -0.2) is 24.1 Å². The van der Waals surface area contributed by atoms with Gasteiger partial charge < -0.3 is 13.6 Å². The summed E-state index contributed by atoms with van der Waals surface area (Å²) in [4.78, 5) is 14.9. The van der Waals surface area contributed by atoms with Crippen molar-refractivity contribution in [1.82, 2.24) is 24.1 Å². The normalized spacial score (nSPS) is 11.8. The highest BCUT2D eigenvalue weighted by Gasteiger charge is 2.19. The second-order valence-corrected chi connectivity index (χ2v) is 16.1. The third-order valence-electron chi connectivity index (χ3n) is 12.4. The highest BCUT2D eigenvalue weighted by Crippen LogP contribution is 2.39. The van der Waals surface area contributed by atoms with E-state index in [4.69, 9.17) is 14.4 Å². The van der Waals surface area contributed by atoms with E-state index in [1.165, 1.54) is 21.5 Å². The van der Waals surface area contributed by atoms with E-state index in [1.54, 1.807) is 6.20 Å². The quantitative estimate of drug-likeness (QED) is 0.168. The van der Waals surface area contributed by atoms with Crippen molar-refractivity contribution >= 4 is 65.6 Å².